The van der Waals surface area contributed by atoms with Crippen LogP contribution in [0.2, 0.25) is 0 Å². The molecule has 1 heterocycles. The molecule has 0 aliphatic carbocycles. The summed E-state index contributed by atoms with van der Waals surface area (Å²) >= 11 is 0. The number of methoxy groups -OCH3 is 1. The second-order valence-corrected chi connectivity index (χ2v) is 6.32. The molecule has 0 bridgehead atoms. The molecule has 0 saturated carbocycles. The molecule has 2 rings (SSSR count). The van der Waals surface area contributed by atoms with Crippen LogP contribution >= 0.6 is 0 Å². The van der Waals surface area contributed by atoms with Crippen LogP contribution in [0.5, 0.6) is 5.75 Å². The Morgan fingerprint density at radius 1 is 1.35 bits per heavy atom. The maximum absolute atomic E-state index is 5.84. The van der Waals surface area contributed by atoms with Crippen molar-refractivity contribution in [3.63, 3.8) is 0 Å². The Kier molecular flexibility index (Phi) is 5.06. The van der Waals surface area contributed by atoms with Crippen molar-refractivity contribution in [2.24, 2.45) is 11.7 Å². The van der Waals surface area contributed by atoms with Crippen molar-refractivity contribution in [2.75, 3.05) is 20.3 Å². The van der Waals surface area contributed by atoms with Gasteiger partial charge in [0.2, 0.25) is 0 Å². The summed E-state index contributed by atoms with van der Waals surface area (Å²) < 4.78 is 11.1. The third-order valence-electron chi connectivity index (χ3n) is 4.33. The van der Waals surface area contributed by atoms with Gasteiger partial charge in [-0.2, -0.15) is 0 Å². The number of hydrogen-bond donors (Lipinski definition) is 1. The summed E-state index contributed by atoms with van der Waals surface area (Å²) in [5.41, 5.74) is 7.20. The van der Waals surface area contributed by atoms with E-state index in [1.54, 1.807) is 7.11 Å². The molecule has 0 aromatic heterocycles. The third kappa shape index (κ3) is 3.74. The molecule has 20 heavy (non-hydrogen) atoms. The summed E-state index contributed by atoms with van der Waals surface area (Å²) in [6.07, 6.45) is 3.26. The lowest BCUT2D eigenvalue weighted by Gasteiger charge is -2.39. The summed E-state index contributed by atoms with van der Waals surface area (Å²) in [6.45, 7) is 5.96. The van der Waals surface area contributed by atoms with Gasteiger partial charge in [-0.05, 0) is 69.2 Å². The predicted molar refractivity (Wildman–Crippen MR) is 82.2 cm³/mol. The van der Waals surface area contributed by atoms with Crippen LogP contribution in [-0.2, 0) is 4.74 Å². The first-order valence-corrected chi connectivity index (χ1v) is 7.54. The number of nitrogens with two attached hydrogens (primary N) is 1. The minimum atomic E-state index is -0.0117. The van der Waals surface area contributed by atoms with Crippen LogP contribution in [-0.4, -0.2) is 25.9 Å². The molecule has 0 unspecified atom stereocenters. The highest BCUT2D eigenvalue weighted by Crippen LogP contribution is 2.40. The summed E-state index contributed by atoms with van der Waals surface area (Å²) in [5.74, 6) is 2.08. The molecule has 0 spiro atoms. The SMILES string of the molecule is COc1ccc([C@H](CCN)[C@@H]2CCOC(C)(C)C2)cc1. The topological polar surface area (TPSA) is 44.5 Å². The van der Waals surface area contributed by atoms with Crippen molar-refractivity contribution in [2.45, 2.75) is 44.6 Å². The molecular weight excluding hydrogens is 250 g/mol. The van der Waals surface area contributed by atoms with E-state index in [2.05, 4.69) is 26.0 Å². The minimum absolute atomic E-state index is 0.0117. The van der Waals surface area contributed by atoms with E-state index < -0.39 is 0 Å². The van der Waals surface area contributed by atoms with Crippen LogP contribution in [0.15, 0.2) is 24.3 Å². The lowest BCUT2D eigenvalue weighted by molar-refractivity contribution is -0.0771. The van der Waals surface area contributed by atoms with E-state index in [4.69, 9.17) is 15.2 Å². The molecule has 2 N–H and O–H groups in total. The van der Waals surface area contributed by atoms with Gasteiger partial charge in [-0.15, -0.1) is 0 Å². The molecule has 2 atom stereocenters. The summed E-state index contributed by atoms with van der Waals surface area (Å²) in [5, 5.41) is 0. The van der Waals surface area contributed by atoms with Crippen molar-refractivity contribution in [1.82, 2.24) is 0 Å². The first-order chi connectivity index (χ1) is 9.55. The van der Waals surface area contributed by atoms with Gasteiger partial charge in [0, 0.05) is 6.61 Å². The maximum atomic E-state index is 5.84. The first kappa shape index (κ1) is 15.3. The van der Waals surface area contributed by atoms with E-state index in [9.17, 15) is 0 Å². The van der Waals surface area contributed by atoms with E-state index in [-0.39, 0.29) is 5.60 Å². The molecule has 3 heteroatoms. The Labute approximate surface area is 122 Å². The highest BCUT2D eigenvalue weighted by Gasteiger charge is 2.33. The fourth-order valence-corrected chi connectivity index (χ4v) is 3.33. The first-order valence-electron chi connectivity index (χ1n) is 7.54. The predicted octanol–water partition coefficient (Wildman–Crippen LogP) is 3.33. The molecule has 1 aliphatic heterocycles. The van der Waals surface area contributed by atoms with Crippen LogP contribution in [0.1, 0.15) is 44.6 Å². The molecule has 0 amide bonds. The second-order valence-electron chi connectivity index (χ2n) is 6.32. The summed E-state index contributed by atoms with van der Waals surface area (Å²) in [4.78, 5) is 0. The average Bonchev–Trinajstić information content (AvgIpc) is 2.44. The van der Waals surface area contributed by atoms with Gasteiger partial charge in [0.15, 0.2) is 0 Å². The molecule has 1 saturated heterocycles. The number of ether oxygens (including phenoxy) is 2. The molecule has 1 aromatic rings. The van der Waals surface area contributed by atoms with Crippen LogP contribution < -0.4 is 10.5 Å². The van der Waals surface area contributed by atoms with Gasteiger partial charge in [0.05, 0.1) is 12.7 Å². The monoisotopic (exact) mass is 277 g/mol. The second kappa shape index (κ2) is 6.59. The van der Waals surface area contributed by atoms with E-state index in [1.807, 2.05) is 12.1 Å². The Balaban J connectivity index is 2.16. The van der Waals surface area contributed by atoms with Gasteiger partial charge in [-0.3, -0.25) is 0 Å². The van der Waals surface area contributed by atoms with Crippen molar-refractivity contribution in [3.05, 3.63) is 29.8 Å². The van der Waals surface area contributed by atoms with E-state index >= 15 is 0 Å². The maximum Gasteiger partial charge on any atom is 0.118 e. The fourth-order valence-electron chi connectivity index (χ4n) is 3.33. The van der Waals surface area contributed by atoms with Gasteiger partial charge in [0.25, 0.3) is 0 Å². The highest BCUT2D eigenvalue weighted by atomic mass is 16.5. The van der Waals surface area contributed by atoms with Crippen LogP contribution in [0.25, 0.3) is 0 Å². The molecule has 0 radical (unpaired) electrons. The zero-order valence-corrected chi connectivity index (χ0v) is 12.9. The van der Waals surface area contributed by atoms with Crippen molar-refractivity contribution in [3.8, 4) is 5.75 Å². The van der Waals surface area contributed by atoms with E-state index in [1.165, 1.54) is 5.56 Å². The Hall–Kier alpha value is -1.06. The summed E-state index contributed by atoms with van der Waals surface area (Å²) in [7, 11) is 1.70. The zero-order valence-electron chi connectivity index (χ0n) is 12.9. The Morgan fingerprint density at radius 3 is 2.60 bits per heavy atom. The van der Waals surface area contributed by atoms with Crippen LogP contribution in [0.3, 0.4) is 0 Å². The Bertz CT molecular complexity index is 414. The molecule has 3 nitrogen and oxygen atoms in total. The van der Waals surface area contributed by atoms with Crippen LogP contribution in [0, 0.1) is 5.92 Å². The van der Waals surface area contributed by atoms with Gasteiger partial charge in [0.1, 0.15) is 5.75 Å². The standard InChI is InChI=1S/C17H27NO2/c1-17(2)12-14(9-11-20-17)16(8-10-18)13-4-6-15(19-3)7-5-13/h4-7,14,16H,8-12,18H2,1-3H3/t14-,16+/m1/s1. The zero-order chi connectivity index (χ0) is 14.6. The van der Waals surface area contributed by atoms with E-state index in [0.717, 1.165) is 38.2 Å². The van der Waals surface area contributed by atoms with Gasteiger partial charge in [-0.1, -0.05) is 12.1 Å². The van der Waals surface area contributed by atoms with Crippen molar-refractivity contribution >= 4 is 0 Å². The molecule has 112 valence electrons. The number of hydrogen-bond acceptors (Lipinski definition) is 3. The lowest BCUT2D eigenvalue weighted by atomic mass is 9.75. The number of benzene rings is 1. The van der Waals surface area contributed by atoms with Gasteiger partial charge in [-0.25, -0.2) is 0 Å². The molecular formula is C17H27NO2. The quantitative estimate of drug-likeness (QED) is 0.898. The van der Waals surface area contributed by atoms with Gasteiger partial charge < -0.3 is 15.2 Å². The van der Waals surface area contributed by atoms with Crippen LogP contribution in [0.4, 0.5) is 0 Å². The van der Waals surface area contributed by atoms with Gasteiger partial charge >= 0.3 is 0 Å². The highest BCUT2D eigenvalue weighted by molar-refractivity contribution is 5.30. The summed E-state index contributed by atoms with van der Waals surface area (Å²) in [6, 6.07) is 8.45. The molecule has 1 fully saturated rings. The Morgan fingerprint density at radius 2 is 2.05 bits per heavy atom. The third-order valence-corrected chi connectivity index (χ3v) is 4.33. The van der Waals surface area contributed by atoms with E-state index in [0.29, 0.717) is 11.8 Å². The smallest absolute Gasteiger partial charge is 0.118 e. The molecule has 1 aromatic carbocycles. The lowest BCUT2D eigenvalue weighted by Crippen LogP contribution is -2.36. The van der Waals surface area contributed by atoms with Crippen molar-refractivity contribution in [1.29, 1.82) is 0 Å². The largest absolute Gasteiger partial charge is 0.497 e. The average molecular weight is 277 g/mol. The fraction of sp³-hybridized carbons (Fsp3) is 0.647. The van der Waals surface area contributed by atoms with Crippen molar-refractivity contribution < 1.29 is 9.47 Å². The normalized spacial score (nSPS) is 23.3. The molecule has 1 aliphatic rings. The minimum Gasteiger partial charge on any atom is -0.497 e. The number of rotatable bonds is 5.